The molecule has 2 unspecified atom stereocenters. The number of pyridine rings is 1. The minimum absolute atomic E-state index is 0.0561. The molecule has 2 heterocycles. The molecule has 0 aromatic carbocycles. The van der Waals surface area contributed by atoms with Gasteiger partial charge in [0.05, 0.1) is 16.9 Å². The molecule has 4 aliphatic rings. The molecule has 2 atom stereocenters. The Labute approximate surface area is 145 Å². The second kappa shape index (κ2) is 5.11. The zero-order valence-corrected chi connectivity index (χ0v) is 13.9. The van der Waals surface area contributed by atoms with Gasteiger partial charge in [0, 0.05) is 23.8 Å². The highest BCUT2D eigenvalue weighted by atomic mass is 16.4. The van der Waals surface area contributed by atoms with E-state index in [-0.39, 0.29) is 5.84 Å². The fourth-order valence-electron chi connectivity index (χ4n) is 5.80. The average Bonchev–Trinajstić information content (AvgIpc) is 3.04. The third-order valence-corrected chi connectivity index (χ3v) is 6.52. The Morgan fingerprint density at radius 1 is 1.32 bits per heavy atom. The van der Waals surface area contributed by atoms with Crippen LogP contribution in [0.2, 0.25) is 0 Å². The Morgan fingerprint density at radius 2 is 2.08 bits per heavy atom. The maximum atomic E-state index is 10.8. The number of rotatable bonds is 3. The molecule has 25 heavy (non-hydrogen) atoms. The van der Waals surface area contributed by atoms with Gasteiger partial charge in [0.15, 0.2) is 5.84 Å². The molecule has 7 nitrogen and oxygen atoms in total. The van der Waals surface area contributed by atoms with E-state index in [1.165, 1.54) is 12.8 Å². The fourth-order valence-corrected chi connectivity index (χ4v) is 5.80. The van der Waals surface area contributed by atoms with E-state index < -0.39 is 5.60 Å². The Morgan fingerprint density at radius 3 is 2.76 bits per heavy atom. The first kappa shape index (κ1) is 15.0. The maximum Gasteiger partial charge on any atom is 0.173 e. The van der Waals surface area contributed by atoms with Crippen LogP contribution in [0.25, 0.3) is 11.0 Å². The summed E-state index contributed by atoms with van der Waals surface area (Å²) in [5, 5.41) is 27.8. The van der Waals surface area contributed by atoms with Gasteiger partial charge in [-0.1, -0.05) is 5.16 Å². The van der Waals surface area contributed by atoms with Crippen LogP contribution in [-0.4, -0.2) is 37.8 Å². The third-order valence-electron chi connectivity index (χ3n) is 6.52. The number of nitrogens with zero attached hydrogens (tertiary/aromatic N) is 2. The SMILES string of the molecule is N/C(=N\O)c1cnc2[nH]ccc2c1NC1C2CC3CC1CC(O)(C3)C2. The minimum Gasteiger partial charge on any atom is -0.409 e. The standard InChI is InChI=1S/C18H23N5O2/c19-16(23-25)13-8-21-17-12(1-2-20-17)15(13)22-14-10-3-9-4-11(14)7-18(24,5-9)6-10/h1-2,8-11,14,24-25H,3-7H2,(H2,19,23)(H2,20,21,22). The number of fused-ring (bicyclic) bond motifs is 1. The van der Waals surface area contributed by atoms with Gasteiger partial charge in [0.25, 0.3) is 0 Å². The van der Waals surface area contributed by atoms with E-state index in [1.54, 1.807) is 6.20 Å². The van der Waals surface area contributed by atoms with Gasteiger partial charge in [-0.05, 0) is 55.9 Å². The lowest BCUT2D eigenvalue weighted by molar-refractivity contribution is -0.129. The molecule has 132 valence electrons. The van der Waals surface area contributed by atoms with Crippen molar-refractivity contribution in [2.24, 2.45) is 28.6 Å². The molecule has 4 fully saturated rings. The van der Waals surface area contributed by atoms with E-state index in [4.69, 9.17) is 10.9 Å². The van der Waals surface area contributed by atoms with Crippen molar-refractivity contribution in [3.8, 4) is 0 Å². The summed E-state index contributed by atoms with van der Waals surface area (Å²) in [6, 6.07) is 2.27. The summed E-state index contributed by atoms with van der Waals surface area (Å²) in [5.41, 5.74) is 7.70. The minimum atomic E-state index is -0.454. The summed E-state index contributed by atoms with van der Waals surface area (Å²) in [7, 11) is 0. The molecule has 0 aliphatic heterocycles. The Bertz CT molecular complexity index is 844. The molecule has 7 heteroatoms. The van der Waals surface area contributed by atoms with Crippen molar-refractivity contribution in [1.29, 1.82) is 0 Å². The molecule has 0 amide bonds. The predicted molar refractivity (Wildman–Crippen MR) is 94.5 cm³/mol. The van der Waals surface area contributed by atoms with Crippen LogP contribution in [-0.2, 0) is 0 Å². The summed E-state index contributed by atoms with van der Waals surface area (Å²) in [6.07, 6.45) is 8.56. The lowest BCUT2D eigenvalue weighted by Crippen LogP contribution is -2.59. The molecule has 4 saturated carbocycles. The molecular formula is C18H23N5O2. The van der Waals surface area contributed by atoms with E-state index in [0.29, 0.717) is 29.4 Å². The van der Waals surface area contributed by atoms with Crippen LogP contribution in [0.4, 0.5) is 5.69 Å². The number of hydrogen-bond acceptors (Lipinski definition) is 5. The molecule has 4 aliphatic carbocycles. The Kier molecular flexibility index (Phi) is 3.07. The summed E-state index contributed by atoms with van der Waals surface area (Å²) < 4.78 is 0. The number of hydrogen-bond donors (Lipinski definition) is 5. The van der Waals surface area contributed by atoms with E-state index in [2.05, 4.69) is 20.4 Å². The van der Waals surface area contributed by atoms with Crippen molar-refractivity contribution in [2.45, 2.75) is 43.7 Å². The van der Waals surface area contributed by atoms with Crippen molar-refractivity contribution in [3.63, 3.8) is 0 Å². The van der Waals surface area contributed by atoms with Crippen molar-refractivity contribution in [3.05, 3.63) is 24.0 Å². The summed E-state index contributed by atoms with van der Waals surface area (Å²) in [4.78, 5) is 7.48. The van der Waals surface area contributed by atoms with Gasteiger partial charge in [-0.3, -0.25) is 0 Å². The van der Waals surface area contributed by atoms with Gasteiger partial charge in [0.1, 0.15) is 5.65 Å². The molecule has 2 aromatic heterocycles. The van der Waals surface area contributed by atoms with Crippen molar-refractivity contribution < 1.29 is 10.3 Å². The van der Waals surface area contributed by atoms with E-state index in [1.807, 2.05) is 12.3 Å². The second-order valence-corrected chi connectivity index (χ2v) is 8.14. The zero-order chi connectivity index (χ0) is 17.2. The van der Waals surface area contributed by atoms with Crippen LogP contribution in [0.15, 0.2) is 23.6 Å². The van der Waals surface area contributed by atoms with Gasteiger partial charge in [-0.25, -0.2) is 4.98 Å². The summed E-state index contributed by atoms with van der Waals surface area (Å²) >= 11 is 0. The number of nitrogens with two attached hydrogens (primary N) is 1. The molecule has 6 N–H and O–H groups in total. The predicted octanol–water partition coefficient (Wildman–Crippen LogP) is 2.01. The number of aliphatic hydroxyl groups is 1. The molecular weight excluding hydrogens is 318 g/mol. The molecule has 6 rings (SSSR count). The average molecular weight is 341 g/mol. The number of aromatic nitrogens is 2. The van der Waals surface area contributed by atoms with Crippen LogP contribution >= 0.6 is 0 Å². The molecule has 4 bridgehead atoms. The molecule has 0 spiro atoms. The number of amidine groups is 1. The van der Waals surface area contributed by atoms with Gasteiger partial charge in [0.2, 0.25) is 0 Å². The fraction of sp³-hybridized carbons (Fsp3) is 0.556. The van der Waals surface area contributed by atoms with Gasteiger partial charge >= 0.3 is 0 Å². The van der Waals surface area contributed by atoms with Gasteiger partial charge in [-0.2, -0.15) is 0 Å². The van der Waals surface area contributed by atoms with Gasteiger partial charge < -0.3 is 26.3 Å². The highest BCUT2D eigenvalue weighted by Crippen LogP contribution is 2.56. The molecule has 0 radical (unpaired) electrons. The number of nitrogens with one attached hydrogen (secondary N) is 2. The lowest BCUT2D eigenvalue weighted by Gasteiger charge is -2.58. The monoisotopic (exact) mass is 341 g/mol. The van der Waals surface area contributed by atoms with Gasteiger partial charge in [-0.15, -0.1) is 0 Å². The first-order chi connectivity index (χ1) is 12.1. The largest absolute Gasteiger partial charge is 0.409 e. The third kappa shape index (κ3) is 2.22. The zero-order valence-electron chi connectivity index (χ0n) is 13.9. The van der Waals surface area contributed by atoms with Crippen LogP contribution in [0.1, 0.15) is 37.7 Å². The quantitative estimate of drug-likeness (QED) is 0.253. The van der Waals surface area contributed by atoms with Crippen LogP contribution < -0.4 is 11.1 Å². The van der Waals surface area contributed by atoms with E-state index in [0.717, 1.165) is 36.0 Å². The van der Waals surface area contributed by atoms with Crippen molar-refractivity contribution in [2.75, 3.05) is 5.32 Å². The number of aromatic amines is 1. The Hall–Kier alpha value is -2.28. The number of anilines is 1. The number of oxime groups is 1. The second-order valence-electron chi connectivity index (χ2n) is 8.14. The maximum absolute atomic E-state index is 10.8. The first-order valence-electron chi connectivity index (χ1n) is 8.99. The molecule has 0 saturated heterocycles. The van der Waals surface area contributed by atoms with Crippen LogP contribution in [0, 0.1) is 17.8 Å². The molecule has 2 aromatic rings. The normalized spacial score (nSPS) is 36.9. The number of H-pyrrole nitrogens is 1. The van der Waals surface area contributed by atoms with Crippen LogP contribution in [0.3, 0.4) is 0 Å². The van der Waals surface area contributed by atoms with E-state index >= 15 is 0 Å². The van der Waals surface area contributed by atoms with Crippen molar-refractivity contribution >= 4 is 22.6 Å². The van der Waals surface area contributed by atoms with Crippen molar-refractivity contribution in [1.82, 2.24) is 9.97 Å². The lowest BCUT2D eigenvalue weighted by atomic mass is 9.52. The summed E-state index contributed by atoms with van der Waals surface area (Å²) in [6.45, 7) is 0. The van der Waals surface area contributed by atoms with E-state index in [9.17, 15) is 5.11 Å². The topological polar surface area (TPSA) is 120 Å². The summed E-state index contributed by atoms with van der Waals surface area (Å²) in [5.74, 6) is 1.66. The first-order valence-corrected chi connectivity index (χ1v) is 8.99. The smallest absolute Gasteiger partial charge is 0.173 e. The highest BCUT2D eigenvalue weighted by molar-refractivity contribution is 6.08. The van der Waals surface area contributed by atoms with Crippen LogP contribution in [0.5, 0.6) is 0 Å². The Balaban J connectivity index is 1.55. The highest BCUT2D eigenvalue weighted by Gasteiger charge is 2.54.